The Hall–Kier alpha value is -3.26. The smallest absolute Gasteiger partial charge is 0.328 e. The molecule has 0 amide bonds. The summed E-state index contributed by atoms with van der Waals surface area (Å²) in [5.74, 6) is 0. The highest BCUT2D eigenvalue weighted by Gasteiger charge is 2.36. The molecule has 4 aromatic carbocycles. The standard InChI is InChI=1S/C24H18BN/c1-3-11-19(12-4-1)25-23-17-9-7-15-21(23)22-16-8-10-18-24(22)26(25)20-13-5-2-6-14-20/h1-18H. The van der Waals surface area contributed by atoms with E-state index in [0.29, 0.717) is 0 Å². The average molecular weight is 331 g/mol. The second-order valence-electron chi connectivity index (χ2n) is 6.62. The Morgan fingerprint density at radius 1 is 0.500 bits per heavy atom. The molecule has 0 aromatic heterocycles. The van der Waals surface area contributed by atoms with Gasteiger partial charge in [0.2, 0.25) is 0 Å². The molecule has 2 heteroatoms. The first-order valence-corrected chi connectivity index (χ1v) is 9.01. The van der Waals surface area contributed by atoms with Crippen LogP contribution in [0.5, 0.6) is 0 Å². The van der Waals surface area contributed by atoms with E-state index in [1.165, 1.54) is 33.4 Å². The van der Waals surface area contributed by atoms with Crippen LogP contribution >= 0.6 is 0 Å². The van der Waals surface area contributed by atoms with Gasteiger partial charge in [0.15, 0.2) is 0 Å². The van der Waals surface area contributed by atoms with Crippen LogP contribution in [-0.4, -0.2) is 6.85 Å². The Morgan fingerprint density at radius 3 is 1.85 bits per heavy atom. The van der Waals surface area contributed by atoms with Gasteiger partial charge in [-0.05, 0) is 29.2 Å². The highest BCUT2D eigenvalue weighted by Crippen LogP contribution is 2.38. The molecule has 0 fully saturated rings. The van der Waals surface area contributed by atoms with Gasteiger partial charge in [-0.1, -0.05) is 96.5 Å². The monoisotopic (exact) mass is 331 g/mol. The maximum absolute atomic E-state index is 2.47. The summed E-state index contributed by atoms with van der Waals surface area (Å²) in [5.41, 5.74) is 7.73. The number of fused-ring (bicyclic) bond motifs is 3. The van der Waals surface area contributed by atoms with Crippen molar-refractivity contribution in [2.75, 3.05) is 4.81 Å². The van der Waals surface area contributed by atoms with Crippen molar-refractivity contribution in [2.45, 2.75) is 0 Å². The summed E-state index contributed by atoms with van der Waals surface area (Å²) in [6.45, 7) is 0.157. The maximum atomic E-state index is 2.47. The van der Waals surface area contributed by atoms with Crippen molar-refractivity contribution >= 4 is 29.1 Å². The minimum Gasteiger partial charge on any atom is -0.376 e. The van der Waals surface area contributed by atoms with Crippen molar-refractivity contribution in [1.29, 1.82) is 0 Å². The second kappa shape index (κ2) is 6.23. The van der Waals surface area contributed by atoms with Gasteiger partial charge in [0.25, 0.3) is 0 Å². The van der Waals surface area contributed by atoms with Gasteiger partial charge in [0.1, 0.15) is 0 Å². The van der Waals surface area contributed by atoms with Gasteiger partial charge in [0, 0.05) is 16.9 Å². The molecule has 0 unspecified atom stereocenters. The topological polar surface area (TPSA) is 3.24 Å². The summed E-state index contributed by atoms with van der Waals surface area (Å²) >= 11 is 0. The average Bonchev–Trinajstić information content (AvgIpc) is 2.74. The third-order valence-corrected chi connectivity index (χ3v) is 5.12. The predicted molar refractivity (Wildman–Crippen MR) is 112 cm³/mol. The molecule has 0 radical (unpaired) electrons. The van der Waals surface area contributed by atoms with Crippen molar-refractivity contribution in [2.24, 2.45) is 0 Å². The zero-order chi connectivity index (χ0) is 17.3. The van der Waals surface area contributed by atoms with Crippen LogP contribution in [0.25, 0.3) is 11.1 Å². The van der Waals surface area contributed by atoms with Gasteiger partial charge in [-0.3, -0.25) is 0 Å². The normalized spacial score (nSPS) is 12.5. The van der Waals surface area contributed by atoms with E-state index in [4.69, 9.17) is 0 Å². The zero-order valence-corrected chi connectivity index (χ0v) is 14.4. The molecule has 0 saturated carbocycles. The van der Waals surface area contributed by atoms with E-state index in [1.54, 1.807) is 0 Å². The minimum absolute atomic E-state index is 0.157. The lowest BCUT2D eigenvalue weighted by atomic mass is 9.46. The molecule has 0 N–H and O–H groups in total. The lowest BCUT2D eigenvalue weighted by Crippen LogP contribution is -2.57. The molecular formula is C24H18BN. The Kier molecular flexibility index (Phi) is 3.60. The lowest BCUT2D eigenvalue weighted by Gasteiger charge is -2.38. The quantitative estimate of drug-likeness (QED) is 0.485. The van der Waals surface area contributed by atoms with Gasteiger partial charge < -0.3 is 4.81 Å². The molecule has 0 bridgehead atoms. The first-order valence-electron chi connectivity index (χ1n) is 9.01. The van der Waals surface area contributed by atoms with Gasteiger partial charge in [-0.15, -0.1) is 0 Å². The number of anilines is 2. The largest absolute Gasteiger partial charge is 0.376 e. The van der Waals surface area contributed by atoms with Crippen molar-refractivity contribution < 1.29 is 0 Å². The summed E-state index contributed by atoms with van der Waals surface area (Å²) in [7, 11) is 0. The van der Waals surface area contributed by atoms with E-state index >= 15 is 0 Å². The van der Waals surface area contributed by atoms with Crippen LogP contribution in [-0.2, 0) is 0 Å². The second-order valence-corrected chi connectivity index (χ2v) is 6.62. The molecule has 1 aliphatic heterocycles. The van der Waals surface area contributed by atoms with E-state index in [1.807, 2.05) is 0 Å². The minimum atomic E-state index is 0.157. The van der Waals surface area contributed by atoms with Crippen molar-refractivity contribution in [3.63, 3.8) is 0 Å². The molecule has 0 spiro atoms. The fourth-order valence-electron chi connectivity index (χ4n) is 4.01. The molecular weight excluding hydrogens is 313 g/mol. The Bertz CT molecular complexity index is 957. The molecule has 4 aromatic rings. The Balaban J connectivity index is 1.83. The first kappa shape index (κ1) is 15.0. The molecule has 0 atom stereocenters. The molecule has 26 heavy (non-hydrogen) atoms. The maximum Gasteiger partial charge on any atom is 0.328 e. The number of rotatable bonds is 2. The summed E-state index contributed by atoms with van der Waals surface area (Å²) in [6, 6.07) is 39.0. The molecule has 1 heterocycles. The molecule has 0 saturated heterocycles. The third-order valence-electron chi connectivity index (χ3n) is 5.12. The van der Waals surface area contributed by atoms with E-state index in [9.17, 15) is 0 Å². The van der Waals surface area contributed by atoms with Crippen molar-refractivity contribution in [3.05, 3.63) is 109 Å². The highest BCUT2D eigenvalue weighted by molar-refractivity contribution is 6.90. The summed E-state index contributed by atoms with van der Waals surface area (Å²) in [4.78, 5) is 2.47. The van der Waals surface area contributed by atoms with Crippen LogP contribution in [0.4, 0.5) is 11.4 Å². The van der Waals surface area contributed by atoms with E-state index < -0.39 is 0 Å². The predicted octanol–water partition coefficient (Wildman–Crippen LogP) is 4.61. The molecule has 1 nitrogen and oxygen atoms in total. The van der Waals surface area contributed by atoms with E-state index in [-0.39, 0.29) is 6.85 Å². The van der Waals surface area contributed by atoms with E-state index in [2.05, 4.69) is 114 Å². The van der Waals surface area contributed by atoms with Gasteiger partial charge in [-0.2, -0.15) is 0 Å². The van der Waals surface area contributed by atoms with E-state index in [0.717, 1.165) is 0 Å². The Morgan fingerprint density at radius 2 is 1.08 bits per heavy atom. The van der Waals surface area contributed by atoms with Crippen molar-refractivity contribution in [1.82, 2.24) is 0 Å². The highest BCUT2D eigenvalue weighted by atomic mass is 15.1. The van der Waals surface area contributed by atoms with Gasteiger partial charge in [-0.25, -0.2) is 0 Å². The SMILES string of the molecule is c1ccc(B2c3ccccc3-c3ccccc3N2c2ccccc2)cc1. The number of hydrogen-bond acceptors (Lipinski definition) is 1. The molecule has 0 aliphatic carbocycles. The summed E-state index contributed by atoms with van der Waals surface area (Å²) in [5, 5.41) is 0. The molecule has 5 rings (SSSR count). The summed E-state index contributed by atoms with van der Waals surface area (Å²) in [6.07, 6.45) is 0. The van der Waals surface area contributed by atoms with Crippen LogP contribution in [0.2, 0.25) is 0 Å². The molecule has 1 aliphatic rings. The van der Waals surface area contributed by atoms with Crippen LogP contribution < -0.4 is 15.7 Å². The first-order chi connectivity index (χ1) is 12.9. The van der Waals surface area contributed by atoms with Crippen molar-refractivity contribution in [3.8, 4) is 11.1 Å². The number of nitrogens with zero attached hydrogens (tertiary/aromatic N) is 1. The number of para-hydroxylation sites is 2. The zero-order valence-electron chi connectivity index (χ0n) is 14.4. The fraction of sp³-hybridized carbons (Fsp3) is 0. The number of benzene rings is 4. The third kappa shape index (κ3) is 2.34. The summed E-state index contributed by atoms with van der Waals surface area (Å²) < 4.78 is 0. The van der Waals surface area contributed by atoms with Gasteiger partial charge in [0.05, 0.1) is 0 Å². The number of hydrogen-bond donors (Lipinski definition) is 0. The van der Waals surface area contributed by atoms with Crippen LogP contribution in [0.1, 0.15) is 0 Å². The Labute approximate surface area is 154 Å². The van der Waals surface area contributed by atoms with Crippen LogP contribution in [0.3, 0.4) is 0 Å². The molecule has 122 valence electrons. The van der Waals surface area contributed by atoms with Gasteiger partial charge >= 0.3 is 6.85 Å². The fourth-order valence-corrected chi connectivity index (χ4v) is 4.01. The van der Waals surface area contributed by atoms with Crippen LogP contribution in [0.15, 0.2) is 109 Å². The van der Waals surface area contributed by atoms with Crippen LogP contribution in [0, 0.1) is 0 Å². The lowest BCUT2D eigenvalue weighted by molar-refractivity contribution is 1.36.